The van der Waals surface area contributed by atoms with E-state index in [1.54, 1.807) is 37.6 Å². The van der Waals surface area contributed by atoms with E-state index < -0.39 is 16.6 Å². The second kappa shape index (κ2) is 25.5. The molecule has 0 aliphatic carbocycles. The highest BCUT2D eigenvalue weighted by molar-refractivity contribution is 5.06. The van der Waals surface area contributed by atoms with Gasteiger partial charge in [0.05, 0.1) is 57.4 Å². The number of hydrogen-bond donors (Lipinski definition) is 3. The molecule has 1 aliphatic heterocycles. The summed E-state index contributed by atoms with van der Waals surface area (Å²) in [6, 6.07) is 23.8. The lowest BCUT2D eigenvalue weighted by Crippen LogP contribution is -2.58. The van der Waals surface area contributed by atoms with Crippen LogP contribution in [0.25, 0.3) is 0 Å². The van der Waals surface area contributed by atoms with Gasteiger partial charge in [-0.3, -0.25) is 14.7 Å². The second-order valence-corrected chi connectivity index (χ2v) is 18.7. The first kappa shape index (κ1) is 49.3. The van der Waals surface area contributed by atoms with Crippen molar-refractivity contribution in [3.05, 3.63) is 145 Å². The van der Waals surface area contributed by atoms with E-state index in [-0.39, 0.29) is 19.8 Å². The molecule has 1 saturated heterocycles. The van der Waals surface area contributed by atoms with Gasteiger partial charge in [-0.2, -0.15) is 0 Å². The van der Waals surface area contributed by atoms with Crippen LogP contribution in [-0.2, 0) is 38.5 Å². The Balaban J connectivity index is 1.22. The Bertz CT molecular complexity index is 1700. The summed E-state index contributed by atoms with van der Waals surface area (Å²) in [7, 11) is 0. The largest absolute Gasteiger partial charge is 0.469 e. The van der Waals surface area contributed by atoms with Crippen LogP contribution in [0, 0.1) is 0 Å². The number of hydrogen-bond acceptors (Lipinski definition) is 12. The van der Waals surface area contributed by atoms with Gasteiger partial charge in [-0.05, 0) is 150 Å². The van der Waals surface area contributed by atoms with E-state index in [1.165, 1.54) is 0 Å². The molecule has 360 valence electrons. The van der Waals surface area contributed by atoms with Gasteiger partial charge in [0.25, 0.3) is 0 Å². The van der Waals surface area contributed by atoms with Crippen LogP contribution in [0.15, 0.2) is 137 Å². The third kappa shape index (κ3) is 13.8. The number of rotatable bonds is 30. The zero-order valence-electron chi connectivity index (χ0n) is 39.1. The Hall–Kier alpha value is -4.56. The van der Waals surface area contributed by atoms with E-state index in [0.29, 0.717) is 0 Å². The molecule has 7 rings (SSSR count). The molecule has 0 unspecified atom stereocenters. The second-order valence-electron chi connectivity index (χ2n) is 18.7. The molecule has 1 aliphatic rings. The average molecular weight is 910 g/mol. The van der Waals surface area contributed by atoms with Gasteiger partial charge in [0, 0.05) is 94.4 Å². The van der Waals surface area contributed by atoms with E-state index >= 15 is 0 Å². The maximum Gasteiger partial charge on any atom is 0.103 e. The summed E-state index contributed by atoms with van der Waals surface area (Å²) in [6.45, 7) is 4.35. The predicted octanol–water partition coefficient (Wildman–Crippen LogP) is 9.79. The summed E-state index contributed by atoms with van der Waals surface area (Å²) in [5.74, 6) is 5.71. The van der Waals surface area contributed by atoms with E-state index in [0.717, 1.165) is 189 Å². The molecule has 0 bridgehead atoms. The minimum Gasteiger partial charge on any atom is -0.469 e. The van der Waals surface area contributed by atoms with Crippen LogP contribution in [0.1, 0.15) is 112 Å². The predicted molar refractivity (Wildman–Crippen MR) is 254 cm³/mol. The molecule has 12 heteroatoms. The molecule has 7 heterocycles. The average Bonchev–Trinajstić information content (AvgIpc) is 4.20. The Labute approximate surface area is 391 Å². The van der Waals surface area contributed by atoms with Gasteiger partial charge >= 0.3 is 0 Å². The van der Waals surface area contributed by atoms with Crippen molar-refractivity contribution in [2.75, 3.05) is 59.1 Å². The summed E-state index contributed by atoms with van der Waals surface area (Å²) in [6.07, 6.45) is 25.0. The monoisotopic (exact) mass is 910 g/mol. The summed E-state index contributed by atoms with van der Waals surface area (Å²) in [5.41, 5.74) is -1.58. The molecule has 0 spiro atoms. The van der Waals surface area contributed by atoms with Gasteiger partial charge in [-0.15, -0.1) is 0 Å². The van der Waals surface area contributed by atoms with Crippen LogP contribution in [-0.4, -0.2) is 106 Å². The van der Waals surface area contributed by atoms with Gasteiger partial charge in [0.1, 0.15) is 34.6 Å². The topological polar surface area (TPSA) is 149 Å². The number of nitrogens with zero attached hydrogens (tertiary/aromatic N) is 3. The molecular formula is C54H75N3O9. The highest BCUT2D eigenvalue weighted by Crippen LogP contribution is 2.36. The van der Waals surface area contributed by atoms with Crippen LogP contribution >= 0.6 is 0 Å². The van der Waals surface area contributed by atoms with Crippen molar-refractivity contribution >= 4 is 0 Å². The van der Waals surface area contributed by atoms with E-state index in [4.69, 9.17) is 26.5 Å². The maximum atomic E-state index is 11.8. The van der Waals surface area contributed by atoms with Crippen molar-refractivity contribution in [2.24, 2.45) is 0 Å². The van der Waals surface area contributed by atoms with Crippen molar-refractivity contribution in [1.82, 2.24) is 14.7 Å². The van der Waals surface area contributed by atoms with Gasteiger partial charge in [-0.25, -0.2) is 0 Å². The number of aliphatic hydroxyl groups is 3. The SMILES string of the molecule is OCC(CCCc1ccco1)(CCCc1ccco1)N1CCN(C(CO)(CCCc2ccco2)CCCc2ccco2)CCN(C(CO)(CCCc2ccco2)CCCc2ccco2)CC1. The van der Waals surface area contributed by atoms with Crippen LogP contribution in [0.4, 0.5) is 0 Å². The lowest BCUT2D eigenvalue weighted by molar-refractivity contribution is -0.0181. The molecule has 0 saturated carbocycles. The molecule has 0 radical (unpaired) electrons. The quantitative estimate of drug-likeness (QED) is 0.0395. The normalized spacial score (nSPS) is 15.3. The Kier molecular flexibility index (Phi) is 19.1. The number of furan rings is 6. The molecule has 1 fully saturated rings. The molecule has 6 aromatic heterocycles. The maximum absolute atomic E-state index is 11.8. The van der Waals surface area contributed by atoms with Crippen molar-refractivity contribution in [3.63, 3.8) is 0 Å². The van der Waals surface area contributed by atoms with Crippen molar-refractivity contribution in [3.8, 4) is 0 Å². The molecule has 0 aromatic carbocycles. The summed E-state index contributed by atoms with van der Waals surface area (Å²) in [4.78, 5) is 7.72. The molecule has 12 nitrogen and oxygen atoms in total. The number of aryl methyl sites for hydroxylation is 6. The molecular weight excluding hydrogens is 835 g/mol. The van der Waals surface area contributed by atoms with Gasteiger partial charge in [0.2, 0.25) is 0 Å². The van der Waals surface area contributed by atoms with Crippen molar-refractivity contribution in [2.45, 2.75) is 132 Å². The minimum absolute atomic E-state index is 0.0121. The first-order valence-electron chi connectivity index (χ1n) is 24.7. The fourth-order valence-electron chi connectivity index (χ4n) is 10.9. The lowest BCUT2D eigenvalue weighted by Gasteiger charge is -2.47. The first-order valence-corrected chi connectivity index (χ1v) is 24.7. The van der Waals surface area contributed by atoms with Crippen LogP contribution < -0.4 is 0 Å². The third-order valence-electron chi connectivity index (χ3n) is 14.7. The van der Waals surface area contributed by atoms with Gasteiger partial charge in [0.15, 0.2) is 0 Å². The minimum atomic E-state index is -0.526. The third-order valence-corrected chi connectivity index (χ3v) is 14.7. The Morgan fingerprint density at radius 1 is 0.318 bits per heavy atom. The molecule has 6 aromatic rings. The zero-order chi connectivity index (χ0) is 45.8. The fourth-order valence-corrected chi connectivity index (χ4v) is 10.9. The Morgan fingerprint density at radius 2 is 0.500 bits per heavy atom. The smallest absolute Gasteiger partial charge is 0.103 e. The molecule has 0 amide bonds. The van der Waals surface area contributed by atoms with Crippen LogP contribution in [0.5, 0.6) is 0 Å². The number of aliphatic hydroxyl groups excluding tert-OH is 3. The Morgan fingerprint density at radius 3 is 0.636 bits per heavy atom. The highest BCUT2D eigenvalue weighted by atomic mass is 16.3. The molecule has 0 atom stereocenters. The molecule has 3 N–H and O–H groups in total. The van der Waals surface area contributed by atoms with Crippen LogP contribution in [0.3, 0.4) is 0 Å². The summed E-state index contributed by atoms with van der Waals surface area (Å²) < 4.78 is 34.7. The zero-order valence-corrected chi connectivity index (χ0v) is 39.1. The van der Waals surface area contributed by atoms with Crippen molar-refractivity contribution in [1.29, 1.82) is 0 Å². The van der Waals surface area contributed by atoms with Crippen LogP contribution in [0.2, 0.25) is 0 Å². The van der Waals surface area contributed by atoms with Gasteiger partial charge in [-0.1, -0.05) is 0 Å². The highest BCUT2D eigenvalue weighted by Gasteiger charge is 2.43. The van der Waals surface area contributed by atoms with Gasteiger partial charge < -0.3 is 41.8 Å². The molecule has 66 heavy (non-hydrogen) atoms. The first-order chi connectivity index (χ1) is 32.5. The van der Waals surface area contributed by atoms with Crippen molar-refractivity contribution < 1.29 is 41.8 Å². The van der Waals surface area contributed by atoms with E-state index in [2.05, 4.69) is 14.7 Å². The van der Waals surface area contributed by atoms with E-state index in [1.807, 2.05) is 72.8 Å². The fraction of sp³-hybridized carbons (Fsp3) is 0.556. The van der Waals surface area contributed by atoms with E-state index in [9.17, 15) is 15.3 Å². The summed E-state index contributed by atoms with van der Waals surface area (Å²) in [5, 5.41) is 35.4. The summed E-state index contributed by atoms with van der Waals surface area (Å²) >= 11 is 0. The lowest BCUT2D eigenvalue weighted by atomic mass is 9.84. The standard InChI is InChI=1S/C54H75N3O9/c58-43-52(25-1-13-46-19-7-37-61-46,26-2-14-47-20-8-38-62-47)55-31-33-56(53(44-59,27-3-15-48-21-9-39-63-48)28-4-16-49-22-10-40-64-49)35-36-57(34-32-55)54(45-60,29-5-17-50-23-11-41-65-50)30-6-18-51-24-12-42-66-51/h7-12,19-24,37-42,58-60H,1-6,13-18,25-36,43-45H2.